The topological polar surface area (TPSA) is 42.0 Å². The van der Waals surface area contributed by atoms with Crippen LogP contribution >= 0.6 is 27.3 Å². The number of nitrogens with one attached hydrogen (secondary N) is 1. The molecule has 5 heteroatoms. The van der Waals surface area contributed by atoms with Crippen LogP contribution in [0.15, 0.2) is 34.2 Å². The first-order chi connectivity index (χ1) is 9.13. The van der Waals surface area contributed by atoms with Gasteiger partial charge in [-0.25, -0.2) is 4.98 Å². The fourth-order valence-corrected chi connectivity index (χ4v) is 3.24. The Morgan fingerprint density at radius 2 is 2.26 bits per heavy atom. The lowest BCUT2D eigenvalue weighted by Gasteiger charge is -2.04. The van der Waals surface area contributed by atoms with Gasteiger partial charge in [0, 0.05) is 17.5 Å². The van der Waals surface area contributed by atoms with E-state index >= 15 is 0 Å². The summed E-state index contributed by atoms with van der Waals surface area (Å²) in [5, 5.41) is 2.82. The number of anilines is 1. The van der Waals surface area contributed by atoms with E-state index in [1.807, 2.05) is 25.1 Å². The molecular weight excluding hydrogens is 324 g/mol. The van der Waals surface area contributed by atoms with Crippen molar-refractivity contribution >= 4 is 39.0 Å². The first-order valence-corrected chi connectivity index (χ1v) is 7.71. The molecule has 0 spiro atoms. The summed E-state index contributed by atoms with van der Waals surface area (Å²) in [6.45, 7) is 1.98. The molecule has 0 atom stereocenters. The molecule has 100 valence electrons. The van der Waals surface area contributed by atoms with E-state index in [2.05, 4.69) is 32.3 Å². The van der Waals surface area contributed by atoms with E-state index in [1.165, 1.54) is 4.88 Å². The number of aromatic nitrogens is 1. The quantitative estimate of drug-likeness (QED) is 0.888. The number of rotatable bonds is 5. The van der Waals surface area contributed by atoms with Crippen molar-refractivity contribution in [1.29, 1.82) is 0 Å². The minimum atomic E-state index is 0.0220. The minimum absolute atomic E-state index is 0.0220. The lowest BCUT2D eigenvalue weighted by Crippen LogP contribution is -2.12. The Labute approximate surface area is 125 Å². The van der Waals surface area contributed by atoms with Crippen LogP contribution in [0.25, 0.3) is 0 Å². The summed E-state index contributed by atoms with van der Waals surface area (Å²) in [6, 6.07) is 7.91. The zero-order valence-electron chi connectivity index (χ0n) is 10.6. The maximum Gasteiger partial charge on any atom is 0.225 e. The average Bonchev–Trinajstić information content (AvgIpc) is 2.75. The van der Waals surface area contributed by atoms with Crippen LogP contribution in [-0.2, 0) is 11.2 Å². The van der Waals surface area contributed by atoms with E-state index in [4.69, 9.17) is 0 Å². The van der Waals surface area contributed by atoms with E-state index < -0.39 is 0 Å². The highest BCUT2D eigenvalue weighted by Crippen LogP contribution is 2.23. The van der Waals surface area contributed by atoms with E-state index in [1.54, 1.807) is 17.5 Å². The van der Waals surface area contributed by atoms with Crippen LogP contribution in [-0.4, -0.2) is 10.9 Å². The van der Waals surface area contributed by atoms with Crippen molar-refractivity contribution in [2.24, 2.45) is 0 Å². The number of carbonyl (C=O) groups excluding carboxylic acids is 1. The molecule has 0 aliphatic carbocycles. The van der Waals surface area contributed by atoms with E-state index in [-0.39, 0.29) is 5.91 Å². The summed E-state index contributed by atoms with van der Waals surface area (Å²) in [7, 11) is 0. The molecule has 0 aromatic carbocycles. The van der Waals surface area contributed by atoms with Crippen LogP contribution < -0.4 is 5.32 Å². The SMILES string of the molecule is Cc1ccnc(NC(=O)CCCc2ccc(Br)s2)c1. The van der Waals surface area contributed by atoms with Gasteiger partial charge in [0.25, 0.3) is 0 Å². The van der Waals surface area contributed by atoms with E-state index in [0.717, 1.165) is 22.2 Å². The highest BCUT2D eigenvalue weighted by molar-refractivity contribution is 9.11. The number of hydrogen-bond donors (Lipinski definition) is 1. The molecule has 0 unspecified atom stereocenters. The van der Waals surface area contributed by atoms with Crippen molar-refractivity contribution in [3.8, 4) is 0 Å². The van der Waals surface area contributed by atoms with E-state index in [9.17, 15) is 4.79 Å². The Morgan fingerprint density at radius 1 is 1.42 bits per heavy atom. The third kappa shape index (κ3) is 4.76. The third-order valence-electron chi connectivity index (χ3n) is 2.64. The molecule has 1 N–H and O–H groups in total. The Bertz CT molecular complexity index is 568. The summed E-state index contributed by atoms with van der Waals surface area (Å²) in [5.74, 6) is 0.651. The first kappa shape index (κ1) is 14.2. The number of aryl methyl sites for hydroxylation is 2. The van der Waals surface area contributed by atoms with Crippen LogP contribution in [0.4, 0.5) is 5.82 Å². The summed E-state index contributed by atoms with van der Waals surface area (Å²) in [4.78, 5) is 17.2. The van der Waals surface area contributed by atoms with Gasteiger partial charge in [0.05, 0.1) is 3.79 Å². The van der Waals surface area contributed by atoms with Crippen LogP contribution in [0.2, 0.25) is 0 Å². The normalized spacial score (nSPS) is 10.4. The largest absolute Gasteiger partial charge is 0.311 e. The number of amides is 1. The van der Waals surface area contributed by atoms with Gasteiger partial charge in [0.15, 0.2) is 0 Å². The molecule has 0 bridgehead atoms. The second kappa shape index (κ2) is 6.82. The predicted octanol–water partition coefficient (Wildman–Crippen LogP) is 4.18. The van der Waals surface area contributed by atoms with Crippen molar-refractivity contribution in [2.75, 3.05) is 5.32 Å². The summed E-state index contributed by atoms with van der Waals surface area (Å²) < 4.78 is 1.14. The van der Waals surface area contributed by atoms with Crippen LogP contribution in [0.3, 0.4) is 0 Å². The molecule has 0 saturated heterocycles. The molecule has 3 nitrogen and oxygen atoms in total. The molecule has 0 fully saturated rings. The number of nitrogens with zero attached hydrogens (tertiary/aromatic N) is 1. The van der Waals surface area contributed by atoms with Crippen LogP contribution in [0.5, 0.6) is 0 Å². The molecule has 2 heterocycles. The zero-order chi connectivity index (χ0) is 13.7. The van der Waals surface area contributed by atoms with Gasteiger partial charge in [-0.1, -0.05) is 0 Å². The molecule has 2 rings (SSSR count). The third-order valence-corrected chi connectivity index (χ3v) is 4.32. The van der Waals surface area contributed by atoms with Crippen LogP contribution in [0, 0.1) is 6.92 Å². The second-order valence-corrected chi connectivity index (χ2v) is 6.87. The van der Waals surface area contributed by atoms with Gasteiger partial charge in [-0.15, -0.1) is 11.3 Å². The minimum Gasteiger partial charge on any atom is -0.311 e. The fraction of sp³-hybridized carbons (Fsp3) is 0.286. The van der Waals surface area contributed by atoms with Gasteiger partial charge in [-0.2, -0.15) is 0 Å². The monoisotopic (exact) mass is 338 g/mol. The van der Waals surface area contributed by atoms with Crippen molar-refractivity contribution < 1.29 is 4.79 Å². The lowest BCUT2D eigenvalue weighted by atomic mass is 10.2. The summed E-state index contributed by atoms with van der Waals surface area (Å²) in [5.41, 5.74) is 1.09. The Morgan fingerprint density at radius 3 is 2.95 bits per heavy atom. The van der Waals surface area contributed by atoms with Gasteiger partial charge in [-0.3, -0.25) is 4.79 Å². The number of halogens is 1. The van der Waals surface area contributed by atoms with E-state index in [0.29, 0.717) is 12.2 Å². The molecular formula is C14H15BrN2OS. The molecule has 0 aliphatic heterocycles. The van der Waals surface area contributed by atoms with Gasteiger partial charge >= 0.3 is 0 Å². The highest BCUT2D eigenvalue weighted by Gasteiger charge is 2.04. The number of carbonyl (C=O) groups is 1. The lowest BCUT2D eigenvalue weighted by molar-refractivity contribution is -0.116. The predicted molar refractivity (Wildman–Crippen MR) is 82.6 cm³/mol. The molecule has 0 saturated carbocycles. The smallest absolute Gasteiger partial charge is 0.225 e. The van der Waals surface area contributed by atoms with Gasteiger partial charge < -0.3 is 5.32 Å². The standard InChI is InChI=1S/C14H15BrN2OS/c1-10-7-8-16-13(9-10)17-14(18)4-2-3-11-5-6-12(15)19-11/h5-9H,2-4H2,1H3,(H,16,17,18). The van der Waals surface area contributed by atoms with Gasteiger partial charge in [-0.05, 0) is 65.5 Å². The molecule has 2 aromatic rings. The van der Waals surface area contributed by atoms with Crippen molar-refractivity contribution in [1.82, 2.24) is 4.98 Å². The molecule has 2 aromatic heterocycles. The van der Waals surface area contributed by atoms with Gasteiger partial charge in [0.1, 0.15) is 5.82 Å². The maximum absolute atomic E-state index is 11.8. The molecule has 19 heavy (non-hydrogen) atoms. The summed E-state index contributed by atoms with van der Waals surface area (Å²) >= 11 is 5.15. The van der Waals surface area contributed by atoms with Crippen molar-refractivity contribution in [3.05, 3.63) is 44.7 Å². The molecule has 0 aliphatic rings. The zero-order valence-corrected chi connectivity index (χ0v) is 13.1. The Balaban J connectivity index is 1.76. The van der Waals surface area contributed by atoms with Crippen LogP contribution in [0.1, 0.15) is 23.3 Å². The van der Waals surface area contributed by atoms with Gasteiger partial charge in [0.2, 0.25) is 5.91 Å². The van der Waals surface area contributed by atoms with Crippen molar-refractivity contribution in [3.63, 3.8) is 0 Å². The van der Waals surface area contributed by atoms with Crippen molar-refractivity contribution in [2.45, 2.75) is 26.2 Å². The number of thiophene rings is 1. The highest BCUT2D eigenvalue weighted by atomic mass is 79.9. The molecule has 1 amide bonds. The Kier molecular flexibility index (Phi) is 5.10. The fourth-order valence-electron chi connectivity index (χ4n) is 1.72. The second-order valence-electron chi connectivity index (χ2n) is 4.33. The average molecular weight is 339 g/mol. The Hall–Kier alpha value is -1.20. The maximum atomic E-state index is 11.8. The number of pyridine rings is 1. The summed E-state index contributed by atoms with van der Waals surface area (Å²) in [6.07, 6.45) is 4.01. The number of hydrogen-bond acceptors (Lipinski definition) is 3. The molecule has 0 radical (unpaired) electrons. The first-order valence-electron chi connectivity index (χ1n) is 6.10.